The first-order valence-corrected chi connectivity index (χ1v) is 13.1. The van der Waals surface area contributed by atoms with Crippen LogP contribution in [0.15, 0.2) is 36.8 Å². The normalized spacial score (nSPS) is 15.9. The van der Waals surface area contributed by atoms with E-state index >= 15 is 0 Å². The van der Waals surface area contributed by atoms with E-state index in [1.165, 1.54) is 11.0 Å². The number of halogens is 4. The molecule has 1 aromatic carbocycles. The van der Waals surface area contributed by atoms with Crippen molar-refractivity contribution in [2.24, 2.45) is 14.1 Å². The van der Waals surface area contributed by atoms with E-state index in [-0.39, 0.29) is 43.1 Å². The number of aromatic nitrogens is 6. The number of amides is 1. The summed E-state index contributed by atoms with van der Waals surface area (Å²) in [4.78, 5) is 21.2. The molecule has 2 aliphatic rings. The van der Waals surface area contributed by atoms with Gasteiger partial charge in [0, 0.05) is 38.8 Å². The van der Waals surface area contributed by atoms with E-state index in [1.807, 2.05) is 27.1 Å². The summed E-state index contributed by atoms with van der Waals surface area (Å²) in [6, 6.07) is 6.06. The number of carbonyl (C=O) groups is 1. The van der Waals surface area contributed by atoms with Crippen LogP contribution in [0.1, 0.15) is 34.0 Å². The highest BCUT2D eigenvalue weighted by Gasteiger charge is 2.41. The Hall–Kier alpha value is -4.33. The van der Waals surface area contributed by atoms with Gasteiger partial charge in [-0.3, -0.25) is 14.6 Å². The lowest BCUT2D eigenvalue weighted by Gasteiger charge is -2.34. The number of pyridine rings is 1. The molecule has 5 heterocycles. The molecule has 0 saturated carbocycles. The second kappa shape index (κ2) is 9.94. The van der Waals surface area contributed by atoms with Crippen LogP contribution in [0.25, 0.3) is 22.6 Å². The molecular formula is C27H28F4N9O+. The predicted molar refractivity (Wildman–Crippen MR) is 141 cm³/mol. The third kappa shape index (κ3) is 4.81. The summed E-state index contributed by atoms with van der Waals surface area (Å²) < 4.78 is 59.5. The first kappa shape index (κ1) is 26.9. The van der Waals surface area contributed by atoms with E-state index in [0.29, 0.717) is 29.3 Å². The minimum atomic E-state index is -4.66. The van der Waals surface area contributed by atoms with Gasteiger partial charge >= 0.3 is 6.18 Å². The Balaban J connectivity index is 1.42. The third-order valence-electron chi connectivity index (χ3n) is 7.39. The molecule has 4 aromatic rings. The van der Waals surface area contributed by atoms with Crippen molar-refractivity contribution in [1.82, 2.24) is 29.7 Å². The monoisotopic (exact) mass is 570 g/mol. The van der Waals surface area contributed by atoms with Crippen molar-refractivity contribution < 1.29 is 27.0 Å². The zero-order chi connectivity index (χ0) is 29.1. The average molecular weight is 571 g/mol. The number of carbonyl (C=O) groups excluding carboxylic acids is 1. The minimum absolute atomic E-state index is 0.0173. The molecule has 0 spiro atoms. The molecule has 1 saturated heterocycles. The molecule has 214 valence electrons. The summed E-state index contributed by atoms with van der Waals surface area (Å²) in [5, 5.41) is 14.5. The summed E-state index contributed by atoms with van der Waals surface area (Å²) in [6.07, 6.45) is -2.28. The molecule has 2 aliphatic heterocycles. The van der Waals surface area contributed by atoms with Gasteiger partial charge in [0.25, 0.3) is 5.91 Å². The standard InChI is InChI=1S/C27H27F4N9O/c1-4-32-22-7-16(24-19(9-34-38(24)3)25-36-33-14-37(25)2)8-23(35-22)40-13-20-18(26(40)41)5-15(6-21(20)27(29,30)31)10-39-11-17(28)12-39/h5-9,14,17H,4,10-13H2,1-3H3,(H,32,35)/p+1. The number of nitrogens with zero attached hydrogens (tertiary/aromatic N) is 7. The predicted octanol–water partition coefficient (Wildman–Crippen LogP) is 3.46. The summed E-state index contributed by atoms with van der Waals surface area (Å²) in [5.41, 5.74) is 1.50. The lowest BCUT2D eigenvalue weighted by Crippen LogP contribution is -2.47. The molecule has 14 heteroatoms. The molecule has 1 amide bonds. The van der Waals surface area contributed by atoms with E-state index in [0.717, 1.165) is 17.3 Å². The van der Waals surface area contributed by atoms with Crippen LogP contribution in [0, 0.1) is 0 Å². The van der Waals surface area contributed by atoms with Gasteiger partial charge in [-0.2, -0.15) is 18.3 Å². The topological polar surface area (TPSA) is 98.9 Å². The highest BCUT2D eigenvalue weighted by atomic mass is 19.4. The number of nitrogens with one attached hydrogen (secondary N) is 2. The van der Waals surface area contributed by atoms with Crippen LogP contribution in [0.2, 0.25) is 0 Å². The maximum absolute atomic E-state index is 14.2. The number of H-pyrrole nitrogens is 1. The van der Waals surface area contributed by atoms with Crippen molar-refractivity contribution in [1.29, 1.82) is 0 Å². The second-order valence-corrected chi connectivity index (χ2v) is 10.3. The lowest BCUT2D eigenvalue weighted by molar-refractivity contribution is -0.716. The van der Waals surface area contributed by atoms with Gasteiger partial charge in [-0.25, -0.2) is 9.37 Å². The fraction of sp³-hybridized carbons (Fsp3) is 0.370. The number of hydrogen-bond donors (Lipinski definition) is 2. The van der Waals surface area contributed by atoms with E-state index in [9.17, 15) is 22.4 Å². The molecule has 41 heavy (non-hydrogen) atoms. The Morgan fingerprint density at radius 3 is 2.61 bits per heavy atom. The lowest BCUT2D eigenvalue weighted by atomic mass is 9.98. The van der Waals surface area contributed by atoms with Gasteiger partial charge in [0.15, 0.2) is 12.9 Å². The summed E-state index contributed by atoms with van der Waals surface area (Å²) >= 11 is 0. The first-order chi connectivity index (χ1) is 19.5. The SMILES string of the molecule is CCNc1cc(-c2c(-c3nncn3C)c[nH][n+]2C)cc(N2Cc3c(cc(CN4CC(F)C4)cc3C(F)(F)F)C2=O)n1. The number of benzene rings is 1. The minimum Gasteiger partial charge on any atom is -0.370 e. The fourth-order valence-corrected chi connectivity index (χ4v) is 5.48. The van der Waals surface area contributed by atoms with Crippen molar-refractivity contribution in [3.05, 3.63) is 59.0 Å². The van der Waals surface area contributed by atoms with Crippen molar-refractivity contribution in [3.8, 4) is 22.6 Å². The molecule has 2 N–H and O–H groups in total. The van der Waals surface area contributed by atoms with E-state index in [4.69, 9.17) is 0 Å². The van der Waals surface area contributed by atoms with Gasteiger partial charge < -0.3 is 9.88 Å². The Morgan fingerprint density at radius 1 is 1.17 bits per heavy atom. The Labute approximate surface area is 232 Å². The van der Waals surface area contributed by atoms with Crippen LogP contribution in [-0.4, -0.2) is 61.5 Å². The molecule has 0 bridgehead atoms. The van der Waals surface area contributed by atoms with Crippen LogP contribution in [0.3, 0.4) is 0 Å². The number of rotatable bonds is 7. The van der Waals surface area contributed by atoms with Gasteiger partial charge in [0.2, 0.25) is 5.69 Å². The van der Waals surface area contributed by atoms with Crippen LogP contribution in [-0.2, 0) is 33.4 Å². The molecule has 1 fully saturated rings. The molecule has 0 aliphatic carbocycles. The van der Waals surface area contributed by atoms with Crippen molar-refractivity contribution in [2.45, 2.75) is 32.4 Å². The zero-order valence-corrected chi connectivity index (χ0v) is 22.6. The second-order valence-electron chi connectivity index (χ2n) is 10.3. The fourth-order valence-electron chi connectivity index (χ4n) is 5.48. The van der Waals surface area contributed by atoms with Crippen molar-refractivity contribution >= 4 is 17.5 Å². The zero-order valence-electron chi connectivity index (χ0n) is 22.6. The number of fused-ring (bicyclic) bond motifs is 1. The molecule has 3 aromatic heterocycles. The molecule has 0 atom stereocenters. The highest BCUT2D eigenvalue weighted by molar-refractivity contribution is 6.10. The molecule has 6 rings (SSSR count). The van der Waals surface area contributed by atoms with Gasteiger partial charge in [-0.1, -0.05) is 0 Å². The van der Waals surface area contributed by atoms with Crippen LogP contribution >= 0.6 is 0 Å². The maximum Gasteiger partial charge on any atom is 0.416 e. The van der Waals surface area contributed by atoms with Gasteiger partial charge in [0.05, 0.1) is 23.9 Å². The summed E-state index contributed by atoms with van der Waals surface area (Å²) in [5.74, 6) is 0.707. The molecule has 10 nitrogen and oxygen atoms in total. The Bertz CT molecular complexity index is 1640. The van der Waals surface area contributed by atoms with Crippen molar-refractivity contribution in [3.63, 3.8) is 0 Å². The molecule has 0 radical (unpaired) electrons. The first-order valence-electron chi connectivity index (χ1n) is 13.1. The number of hydrogen-bond acceptors (Lipinski definition) is 6. The third-order valence-corrected chi connectivity index (χ3v) is 7.39. The van der Waals surface area contributed by atoms with Crippen LogP contribution < -0.4 is 14.9 Å². The maximum atomic E-state index is 14.2. The van der Waals surface area contributed by atoms with Gasteiger partial charge in [-0.05, 0) is 42.3 Å². The van der Waals surface area contributed by atoms with Gasteiger partial charge in [-0.15, -0.1) is 14.9 Å². The number of aromatic amines is 1. The summed E-state index contributed by atoms with van der Waals surface area (Å²) in [7, 11) is 3.64. The van der Waals surface area contributed by atoms with E-state index in [2.05, 4.69) is 25.6 Å². The largest absolute Gasteiger partial charge is 0.416 e. The quantitative estimate of drug-likeness (QED) is 0.261. The number of aryl methyl sites for hydroxylation is 2. The number of anilines is 2. The Kier molecular flexibility index (Phi) is 6.52. The molecular weight excluding hydrogens is 542 g/mol. The van der Waals surface area contributed by atoms with Crippen LogP contribution in [0.5, 0.6) is 0 Å². The van der Waals surface area contributed by atoms with Gasteiger partial charge in [0.1, 0.15) is 29.7 Å². The van der Waals surface area contributed by atoms with Crippen molar-refractivity contribution in [2.75, 3.05) is 29.9 Å². The van der Waals surface area contributed by atoms with Crippen LogP contribution in [0.4, 0.5) is 29.2 Å². The molecule has 0 unspecified atom stereocenters. The van der Waals surface area contributed by atoms with E-state index < -0.39 is 23.8 Å². The number of alkyl halides is 4. The van der Waals surface area contributed by atoms with E-state index in [1.54, 1.807) is 32.7 Å². The smallest absolute Gasteiger partial charge is 0.370 e. The number of likely N-dealkylation sites (tertiary alicyclic amines) is 1. The Morgan fingerprint density at radius 2 is 1.95 bits per heavy atom. The highest BCUT2D eigenvalue weighted by Crippen LogP contribution is 2.40. The summed E-state index contributed by atoms with van der Waals surface area (Å²) in [6.45, 7) is 2.61. The average Bonchev–Trinajstić information content (AvgIpc) is 3.59.